The molecule has 1 aromatic carbocycles. The first-order valence-electron chi connectivity index (χ1n) is 8.23. The highest BCUT2D eigenvalue weighted by atomic mass is 35.5. The number of halogens is 4. The largest absolute Gasteiger partial charge is 0.418 e. The fraction of sp³-hybridized carbons (Fsp3) is 0.333. The van der Waals surface area contributed by atoms with Crippen molar-refractivity contribution in [1.29, 1.82) is 0 Å². The topological polar surface area (TPSA) is 54.0 Å². The van der Waals surface area contributed by atoms with Crippen molar-refractivity contribution in [3.8, 4) is 0 Å². The lowest BCUT2D eigenvalue weighted by Crippen LogP contribution is -2.32. The first kappa shape index (κ1) is 18.5. The number of anilines is 2. The summed E-state index contributed by atoms with van der Waals surface area (Å²) in [5.74, 6) is -0.0198. The molecule has 1 fully saturated rings. The number of amides is 1. The number of aromatic nitrogens is 1. The number of nitrogens with one attached hydrogen (secondary N) is 2. The minimum Gasteiger partial charge on any atom is -0.349 e. The van der Waals surface area contributed by atoms with Crippen LogP contribution in [0.25, 0.3) is 0 Å². The first-order valence-corrected chi connectivity index (χ1v) is 8.61. The molecule has 4 nitrogen and oxygen atoms in total. The highest BCUT2D eigenvalue weighted by molar-refractivity contribution is 6.30. The van der Waals surface area contributed by atoms with Crippen LogP contribution in [-0.2, 0) is 6.18 Å². The Balaban J connectivity index is 1.72. The standard InChI is InChI=1S/C18H17ClF3N3O/c19-12-6-7-15(14(9-12)18(20,21)22)25-16-8-5-11(10-23-16)17(26)24-13-3-1-2-4-13/h5-10,13H,1-4H2,(H,23,25)(H,24,26). The summed E-state index contributed by atoms with van der Waals surface area (Å²) < 4.78 is 39.4. The summed E-state index contributed by atoms with van der Waals surface area (Å²) in [6.07, 6.45) is 0.943. The second kappa shape index (κ2) is 7.53. The van der Waals surface area contributed by atoms with E-state index in [2.05, 4.69) is 15.6 Å². The summed E-state index contributed by atoms with van der Waals surface area (Å²) in [5.41, 5.74) is -0.665. The van der Waals surface area contributed by atoms with Crippen LogP contribution in [0.2, 0.25) is 5.02 Å². The Morgan fingerprint density at radius 1 is 1.15 bits per heavy atom. The van der Waals surface area contributed by atoms with Gasteiger partial charge in [0.1, 0.15) is 5.82 Å². The van der Waals surface area contributed by atoms with E-state index in [9.17, 15) is 18.0 Å². The van der Waals surface area contributed by atoms with E-state index in [4.69, 9.17) is 11.6 Å². The number of alkyl halides is 3. The van der Waals surface area contributed by atoms with Crippen molar-refractivity contribution < 1.29 is 18.0 Å². The zero-order chi connectivity index (χ0) is 18.7. The van der Waals surface area contributed by atoms with E-state index in [0.29, 0.717) is 5.56 Å². The molecule has 1 saturated carbocycles. The highest BCUT2D eigenvalue weighted by Crippen LogP contribution is 2.37. The number of rotatable bonds is 4. The van der Waals surface area contributed by atoms with E-state index in [1.165, 1.54) is 30.5 Å². The van der Waals surface area contributed by atoms with Crippen LogP contribution in [0.5, 0.6) is 0 Å². The van der Waals surface area contributed by atoms with Gasteiger partial charge >= 0.3 is 6.18 Å². The van der Waals surface area contributed by atoms with Crippen LogP contribution in [0.15, 0.2) is 36.5 Å². The lowest BCUT2D eigenvalue weighted by molar-refractivity contribution is -0.136. The number of hydrogen-bond donors (Lipinski definition) is 2. The van der Waals surface area contributed by atoms with Gasteiger partial charge in [0.25, 0.3) is 5.91 Å². The molecule has 2 N–H and O–H groups in total. The van der Waals surface area contributed by atoms with Gasteiger partial charge in [0.15, 0.2) is 0 Å². The molecule has 1 aromatic heterocycles. The molecule has 0 unspecified atom stereocenters. The van der Waals surface area contributed by atoms with E-state index in [0.717, 1.165) is 31.7 Å². The number of carbonyl (C=O) groups is 1. The molecule has 0 atom stereocenters. The summed E-state index contributed by atoms with van der Waals surface area (Å²) in [7, 11) is 0. The Hall–Kier alpha value is -2.28. The van der Waals surface area contributed by atoms with Crippen molar-refractivity contribution in [3.63, 3.8) is 0 Å². The molecule has 8 heteroatoms. The molecule has 0 bridgehead atoms. The molecule has 3 rings (SSSR count). The average molecular weight is 384 g/mol. The fourth-order valence-electron chi connectivity index (χ4n) is 2.94. The van der Waals surface area contributed by atoms with Gasteiger partial charge in [0, 0.05) is 17.3 Å². The van der Waals surface area contributed by atoms with E-state index < -0.39 is 11.7 Å². The third kappa shape index (κ3) is 4.46. The third-order valence-electron chi connectivity index (χ3n) is 4.27. The molecular weight excluding hydrogens is 367 g/mol. The zero-order valence-electron chi connectivity index (χ0n) is 13.7. The Morgan fingerprint density at radius 2 is 1.88 bits per heavy atom. The van der Waals surface area contributed by atoms with E-state index in [1.54, 1.807) is 0 Å². The quantitative estimate of drug-likeness (QED) is 0.765. The summed E-state index contributed by atoms with van der Waals surface area (Å²) in [6.45, 7) is 0. The van der Waals surface area contributed by atoms with Crippen LogP contribution >= 0.6 is 11.6 Å². The minimum absolute atomic E-state index is 0.00485. The molecule has 1 aliphatic rings. The van der Waals surface area contributed by atoms with Crippen LogP contribution in [0.4, 0.5) is 24.7 Å². The Labute approximate surface area is 153 Å². The predicted molar refractivity (Wildman–Crippen MR) is 93.7 cm³/mol. The normalized spacial score (nSPS) is 15.1. The van der Waals surface area contributed by atoms with E-state index >= 15 is 0 Å². The van der Waals surface area contributed by atoms with Gasteiger partial charge in [0.2, 0.25) is 0 Å². The summed E-state index contributed by atoms with van der Waals surface area (Å²) in [5, 5.41) is 5.56. The molecule has 1 aliphatic carbocycles. The lowest BCUT2D eigenvalue weighted by Gasteiger charge is -2.15. The minimum atomic E-state index is -4.55. The summed E-state index contributed by atoms with van der Waals surface area (Å²) in [6, 6.07) is 6.65. The van der Waals surface area contributed by atoms with Gasteiger partial charge in [0.05, 0.1) is 16.8 Å². The van der Waals surface area contributed by atoms with Gasteiger partial charge in [-0.05, 0) is 43.2 Å². The van der Waals surface area contributed by atoms with Crippen LogP contribution in [0, 0.1) is 0 Å². The van der Waals surface area contributed by atoms with Crippen molar-refractivity contribution in [1.82, 2.24) is 10.3 Å². The van der Waals surface area contributed by atoms with Gasteiger partial charge in [-0.1, -0.05) is 24.4 Å². The molecule has 138 valence electrons. The number of nitrogens with zero attached hydrogens (tertiary/aromatic N) is 1. The van der Waals surface area contributed by atoms with Gasteiger partial charge in [-0.25, -0.2) is 4.98 Å². The smallest absolute Gasteiger partial charge is 0.349 e. The average Bonchev–Trinajstić information content (AvgIpc) is 3.09. The second-order valence-corrected chi connectivity index (χ2v) is 6.64. The summed E-state index contributed by atoms with van der Waals surface area (Å²) in [4.78, 5) is 16.2. The maximum Gasteiger partial charge on any atom is 0.418 e. The zero-order valence-corrected chi connectivity index (χ0v) is 14.5. The van der Waals surface area contributed by atoms with Crippen molar-refractivity contribution in [2.24, 2.45) is 0 Å². The predicted octanol–water partition coefficient (Wildman–Crippen LogP) is 5.17. The number of pyridine rings is 1. The van der Waals surface area contributed by atoms with Gasteiger partial charge in [-0.15, -0.1) is 0 Å². The fourth-order valence-corrected chi connectivity index (χ4v) is 3.11. The molecule has 26 heavy (non-hydrogen) atoms. The van der Waals surface area contributed by atoms with Crippen LogP contribution in [0.1, 0.15) is 41.6 Å². The van der Waals surface area contributed by atoms with Crippen molar-refractivity contribution in [2.45, 2.75) is 37.9 Å². The number of benzene rings is 1. The SMILES string of the molecule is O=C(NC1CCCC1)c1ccc(Nc2ccc(Cl)cc2C(F)(F)F)nc1. The molecule has 0 spiro atoms. The number of carbonyl (C=O) groups excluding carboxylic acids is 1. The number of hydrogen-bond acceptors (Lipinski definition) is 3. The Morgan fingerprint density at radius 3 is 2.50 bits per heavy atom. The van der Waals surface area contributed by atoms with Crippen molar-refractivity contribution in [2.75, 3.05) is 5.32 Å². The van der Waals surface area contributed by atoms with Gasteiger partial charge in [-0.2, -0.15) is 13.2 Å². The summed E-state index contributed by atoms with van der Waals surface area (Å²) >= 11 is 5.66. The molecule has 1 amide bonds. The monoisotopic (exact) mass is 383 g/mol. The van der Waals surface area contributed by atoms with E-state index in [-0.39, 0.29) is 28.5 Å². The van der Waals surface area contributed by atoms with Gasteiger partial charge < -0.3 is 10.6 Å². The second-order valence-electron chi connectivity index (χ2n) is 6.20. The van der Waals surface area contributed by atoms with Crippen molar-refractivity contribution >= 4 is 29.0 Å². The van der Waals surface area contributed by atoms with Crippen molar-refractivity contribution in [3.05, 3.63) is 52.7 Å². The van der Waals surface area contributed by atoms with Crippen LogP contribution in [-0.4, -0.2) is 16.9 Å². The third-order valence-corrected chi connectivity index (χ3v) is 4.50. The molecule has 0 saturated heterocycles. The highest BCUT2D eigenvalue weighted by Gasteiger charge is 2.34. The maximum atomic E-state index is 13.1. The molecule has 0 aliphatic heterocycles. The van der Waals surface area contributed by atoms with Gasteiger partial charge in [-0.3, -0.25) is 4.79 Å². The maximum absolute atomic E-state index is 13.1. The Kier molecular flexibility index (Phi) is 5.36. The molecular formula is C18H17ClF3N3O. The molecule has 2 aromatic rings. The first-order chi connectivity index (χ1) is 12.3. The van der Waals surface area contributed by atoms with E-state index in [1.807, 2.05) is 0 Å². The Bertz CT molecular complexity index is 787. The lowest BCUT2D eigenvalue weighted by atomic mass is 10.1. The molecule has 1 heterocycles. The van der Waals surface area contributed by atoms with Crippen LogP contribution in [0.3, 0.4) is 0 Å². The van der Waals surface area contributed by atoms with Crippen LogP contribution < -0.4 is 10.6 Å². The molecule has 0 radical (unpaired) electrons.